The molecule has 0 bridgehead atoms. The van der Waals surface area contributed by atoms with E-state index in [1.54, 1.807) is 4.90 Å². The quantitative estimate of drug-likeness (QED) is 0.900. The molecule has 19 heavy (non-hydrogen) atoms. The third kappa shape index (κ3) is 3.80. The van der Waals surface area contributed by atoms with Gasteiger partial charge in [-0.05, 0) is 43.3 Å². The van der Waals surface area contributed by atoms with Crippen molar-refractivity contribution < 1.29 is 4.79 Å². The number of carbonyl (C=O) groups is 1. The van der Waals surface area contributed by atoms with Crippen LogP contribution in [-0.4, -0.2) is 38.0 Å². The molecule has 1 aliphatic rings. The van der Waals surface area contributed by atoms with Gasteiger partial charge in [-0.2, -0.15) is 0 Å². The molecule has 0 aliphatic carbocycles. The molecule has 1 saturated heterocycles. The van der Waals surface area contributed by atoms with Crippen molar-refractivity contribution in [2.45, 2.75) is 25.2 Å². The van der Waals surface area contributed by atoms with E-state index < -0.39 is 0 Å². The molecule has 2 atom stereocenters. The predicted molar refractivity (Wildman–Crippen MR) is 78.1 cm³/mol. The topological polar surface area (TPSA) is 32.3 Å². The van der Waals surface area contributed by atoms with E-state index in [4.69, 9.17) is 0 Å². The van der Waals surface area contributed by atoms with E-state index in [2.05, 4.69) is 29.6 Å². The fraction of sp³-hybridized carbons (Fsp3) is 0.562. The van der Waals surface area contributed by atoms with Crippen LogP contribution >= 0.6 is 0 Å². The molecule has 0 unspecified atom stereocenters. The first-order valence-electron chi connectivity index (χ1n) is 7.14. The summed E-state index contributed by atoms with van der Waals surface area (Å²) in [5, 5.41) is 3.46. The van der Waals surface area contributed by atoms with Crippen molar-refractivity contribution in [2.24, 2.45) is 5.92 Å². The average molecular weight is 260 g/mol. The van der Waals surface area contributed by atoms with Crippen molar-refractivity contribution >= 4 is 5.91 Å². The zero-order valence-electron chi connectivity index (χ0n) is 11.9. The van der Waals surface area contributed by atoms with Gasteiger partial charge in [-0.15, -0.1) is 0 Å². The van der Waals surface area contributed by atoms with Gasteiger partial charge in [-0.3, -0.25) is 4.79 Å². The fourth-order valence-electron chi connectivity index (χ4n) is 2.85. The molecule has 1 N–H and O–H groups in total. The van der Waals surface area contributed by atoms with E-state index in [1.807, 2.05) is 20.2 Å². The lowest BCUT2D eigenvalue weighted by Crippen LogP contribution is -2.35. The van der Waals surface area contributed by atoms with E-state index in [0.717, 1.165) is 13.1 Å². The Balaban J connectivity index is 2.15. The van der Waals surface area contributed by atoms with Gasteiger partial charge in [0.25, 0.3) is 0 Å². The maximum absolute atomic E-state index is 12.1. The number of hydrogen-bond acceptors (Lipinski definition) is 2. The van der Waals surface area contributed by atoms with Gasteiger partial charge in [0.15, 0.2) is 0 Å². The van der Waals surface area contributed by atoms with Gasteiger partial charge in [-0.25, -0.2) is 0 Å². The number of piperidine rings is 1. The molecule has 1 amide bonds. The molecule has 1 fully saturated rings. The Morgan fingerprint density at radius 3 is 2.68 bits per heavy atom. The standard InChI is InChI=1S/C16H24N2O/c1-18(2)16(19)11-15(13-7-4-3-5-8-13)14-9-6-10-17-12-14/h3-5,7-8,14-15,17H,6,9-12H2,1-2H3/t14-,15+/m0/s1. The minimum Gasteiger partial charge on any atom is -0.349 e. The van der Waals surface area contributed by atoms with Crippen LogP contribution in [0.3, 0.4) is 0 Å². The van der Waals surface area contributed by atoms with Crippen molar-refractivity contribution in [3.05, 3.63) is 35.9 Å². The lowest BCUT2D eigenvalue weighted by atomic mass is 9.79. The van der Waals surface area contributed by atoms with Crippen LogP contribution in [-0.2, 0) is 4.79 Å². The summed E-state index contributed by atoms with van der Waals surface area (Å²) in [7, 11) is 3.67. The van der Waals surface area contributed by atoms with Gasteiger partial charge in [0.2, 0.25) is 5.91 Å². The smallest absolute Gasteiger partial charge is 0.222 e. The summed E-state index contributed by atoms with van der Waals surface area (Å²) in [6, 6.07) is 10.5. The predicted octanol–water partition coefficient (Wildman–Crippen LogP) is 2.25. The summed E-state index contributed by atoms with van der Waals surface area (Å²) in [5.41, 5.74) is 1.30. The maximum Gasteiger partial charge on any atom is 0.222 e. The molecule has 0 saturated carbocycles. The number of carbonyl (C=O) groups excluding carboxylic acids is 1. The number of hydrogen-bond donors (Lipinski definition) is 1. The highest BCUT2D eigenvalue weighted by Gasteiger charge is 2.27. The molecule has 1 aliphatic heterocycles. The van der Waals surface area contributed by atoms with E-state index in [-0.39, 0.29) is 5.91 Å². The first-order chi connectivity index (χ1) is 9.18. The molecule has 3 heteroatoms. The van der Waals surface area contributed by atoms with Gasteiger partial charge in [-0.1, -0.05) is 30.3 Å². The Morgan fingerprint density at radius 2 is 2.11 bits per heavy atom. The van der Waals surface area contributed by atoms with E-state index >= 15 is 0 Å². The number of rotatable bonds is 4. The van der Waals surface area contributed by atoms with Gasteiger partial charge in [0, 0.05) is 20.5 Å². The van der Waals surface area contributed by atoms with Crippen LogP contribution < -0.4 is 5.32 Å². The van der Waals surface area contributed by atoms with Crippen LogP contribution in [0.1, 0.15) is 30.7 Å². The molecule has 1 aromatic rings. The SMILES string of the molecule is CN(C)C(=O)C[C@H](c1ccccc1)[C@H]1CCCNC1. The van der Waals surface area contributed by atoms with E-state index in [9.17, 15) is 4.79 Å². The van der Waals surface area contributed by atoms with Crippen LogP contribution in [0.4, 0.5) is 0 Å². The van der Waals surface area contributed by atoms with Crippen LogP contribution in [0.2, 0.25) is 0 Å². The molecule has 2 rings (SSSR count). The summed E-state index contributed by atoms with van der Waals surface area (Å²) >= 11 is 0. The molecule has 0 aromatic heterocycles. The molecular weight excluding hydrogens is 236 g/mol. The monoisotopic (exact) mass is 260 g/mol. The Labute approximate surface area is 116 Å². The zero-order valence-corrected chi connectivity index (χ0v) is 11.9. The molecule has 0 spiro atoms. The zero-order chi connectivity index (χ0) is 13.7. The Morgan fingerprint density at radius 1 is 1.37 bits per heavy atom. The molecule has 1 aromatic carbocycles. The van der Waals surface area contributed by atoms with Crippen LogP contribution in [0.15, 0.2) is 30.3 Å². The van der Waals surface area contributed by atoms with Gasteiger partial charge < -0.3 is 10.2 Å². The summed E-state index contributed by atoms with van der Waals surface area (Å²) in [4.78, 5) is 13.8. The van der Waals surface area contributed by atoms with Crippen LogP contribution in [0, 0.1) is 5.92 Å². The second kappa shape index (κ2) is 6.71. The fourth-order valence-corrected chi connectivity index (χ4v) is 2.85. The summed E-state index contributed by atoms with van der Waals surface area (Å²) in [5.74, 6) is 1.13. The highest BCUT2D eigenvalue weighted by atomic mass is 16.2. The largest absolute Gasteiger partial charge is 0.349 e. The number of nitrogens with zero attached hydrogens (tertiary/aromatic N) is 1. The molecule has 1 heterocycles. The summed E-state index contributed by atoms with van der Waals surface area (Å²) in [6.07, 6.45) is 3.04. The van der Waals surface area contributed by atoms with Crippen molar-refractivity contribution in [3.8, 4) is 0 Å². The van der Waals surface area contributed by atoms with Crippen molar-refractivity contribution in [2.75, 3.05) is 27.2 Å². The summed E-state index contributed by atoms with van der Waals surface area (Å²) < 4.78 is 0. The van der Waals surface area contributed by atoms with E-state index in [0.29, 0.717) is 18.3 Å². The minimum absolute atomic E-state index is 0.222. The second-order valence-corrected chi connectivity index (χ2v) is 5.62. The van der Waals surface area contributed by atoms with Gasteiger partial charge in [0.1, 0.15) is 0 Å². The lowest BCUT2D eigenvalue weighted by Gasteiger charge is -2.31. The van der Waals surface area contributed by atoms with Crippen molar-refractivity contribution in [3.63, 3.8) is 0 Å². The van der Waals surface area contributed by atoms with E-state index in [1.165, 1.54) is 18.4 Å². The van der Waals surface area contributed by atoms with Crippen molar-refractivity contribution in [1.29, 1.82) is 0 Å². The average Bonchev–Trinajstić information content (AvgIpc) is 2.46. The van der Waals surface area contributed by atoms with Crippen LogP contribution in [0.5, 0.6) is 0 Å². The Bertz CT molecular complexity index is 396. The molecule has 0 radical (unpaired) electrons. The Hall–Kier alpha value is -1.35. The normalized spacial score (nSPS) is 20.8. The van der Waals surface area contributed by atoms with Gasteiger partial charge in [0.05, 0.1) is 0 Å². The molecule has 3 nitrogen and oxygen atoms in total. The minimum atomic E-state index is 0.222. The van der Waals surface area contributed by atoms with Crippen molar-refractivity contribution in [1.82, 2.24) is 10.2 Å². The molecular formula is C16H24N2O. The first kappa shape index (κ1) is 14.1. The summed E-state index contributed by atoms with van der Waals surface area (Å²) in [6.45, 7) is 2.14. The lowest BCUT2D eigenvalue weighted by molar-refractivity contribution is -0.129. The third-order valence-electron chi connectivity index (χ3n) is 4.03. The molecule has 104 valence electrons. The van der Waals surface area contributed by atoms with Gasteiger partial charge >= 0.3 is 0 Å². The number of nitrogens with one attached hydrogen (secondary N) is 1. The number of amides is 1. The number of benzene rings is 1. The second-order valence-electron chi connectivity index (χ2n) is 5.62. The first-order valence-corrected chi connectivity index (χ1v) is 7.14. The maximum atomic E-state index is 12.1. The third-order valence-corrected chi connectivity index (χ3v) is 4.03. The highest BCUT2D eigenvalue weighted by Crippen LogP contribution is 2.32. The highest BCUT2D eigenvalue weighted by molar-refractivity contribution is 5.76. The Kier molecular flexibility index (Phi) is 4.97. The van der Waals surface area contributed by atoms with Crippen LogP contribution in [0.25, 0.3) is 0 Å².